The summed E-state index contributed by atoms with van der Waals surface area (Å²) in [7, 11) is 0. The first-order valence-corrected chi connectivity index (χ1v) is 8.74. The zero-order valence-corrected chi connectivity index (χ0v) is 13.6. The molecule has 6 nitrogen and oxygen atoms in total. The quantitative estimate of drug-likeness (QED) is 0.848. The normalized spacial score (nSPS) is 29.7. The second-order valence-electron chi connectivity index (χ2n) is 7.44. The molecule has 1 spiro atoms. The monoisotopic (exact) mass is 319 g/mol. The highest BCUT2D eigenvalue weighted by Crippen LogP contribution is 2.36. The summed E-state index contributed by atoms with van der Waals surface area (Å²) in [5.74, 6) is 1.19. The van der Waals surface area contributed by atoms with Crippen LogP contribution in [0.1, 0.15) is 36.2 Å². The number of ether oxygens (including phenoxy) is 1. The van der Waals surface area contributed by atoms with Crippen molar-refractivity contribution in [2.24, 2.45) is 11.3 Å². The lowest BCUT2D eigenvalue weighted by Gasteiger charge is -2.43. The molecule has 3 fully saturated rings. The molecule has 1 amide bonds. The van der Waals surface area contributed by atoms with Crippen LogP contribution in [0, 0.1) is 11.3 Å². The number of carbonyl (C=O) groups excluding carboxylic acids is 1. The van der Waals surface area contributed by atoms with E-state index in [1.807, 2.05) is 4.90 Å². The Bertz CT molecular complexity index is 543. The van der Waals surface area contributed by atoms with Crippen molar-refractivity contribution in [3.63, 3.8) is 0 Å². The Morgan fingerprint density at radius 3 is 3.04 bits per heavy atom. The first-order chi connectivity index (χ1) is 11.2. The average molecular weight is 319 g/mol. The van der Waals surface area contributed by atoms with Crippen molar-refractivity contribution >= 4 is 5.91 Å². The number of amides is 1. The molecular weight excluding hydrogens is 294 g/mol. The van der Waals surface area contributed by atoms with Crippen LogP contribution in [0.15, 0.2) is 16.8 Å². The third-order valence-electron chi connectivity index (χ3n) is 5.33. The largest absolute Gasteiger partial charge is 0.379 e. The van der Waals surface area contributed by atoms with Crippen molar-refractivity contribution < 1.29 is 14.1 Å². The highest BCUT2D eigenvalue weighted by molar-refractivity contribution is 5.91. The van der Waals surface area contributed by atoms with Crippen molar-refractivity contribution in [2.75, 3.05) is 45.9 Å². The summed E-state index contributed by atoms with van der Waals surface area (Å²) in [6, 6.07) is 1.65. The van der Waals surface area contributed by atoms with Crippen LogP contribution in [0.25, 0.3) is 0 Å². The Labute approximate surface area is 136 Å². The molecule has 6 heteroatoms. The number of rotatable bonds is 3. The summed E-state index contributed by atoms with van der Waals surface area (Å²) in [5.41, 5.74) is 0.0688. The molecule has 0 bridgehead atoms. The van der Waals surface area contributed by atoms with Crippen molar-refractivity contribution in [2.45, 2.75) is 25.7 Å². The standard InChI is InChI=1S/C17H25N3O3/c21-16(15-4-6-18-23-15)20-7-1-5-17(12-20)11-19(8-9-22-13-17)10-14-2-3-14/h4,6,14H,1-3,5,7-13H2/t17-/m0/s1. The molecule has 0 aromatic carbocycles. The summed E-state index contributed by atoms with van der Waals surface area (Å²) >= 11 is 0. The van der Waals surface area contributed by atoms with Crippen LogP contribution in [-0.4, -0.2) is 66.8 Å². The van der Waals surface area contributed by atoms with Crippen molar-refractivity contribution in [3.8, 4) is 0 Å². The van der Waals surface area contributed by atoms with Gasteiger partial charge in [-0.2, -0.15) is 0 Å². The Morgan fingerprint density at radius 1 is 1.35 bits per heavy atom. The van der Waals surface area contributed by atoms with E-state index < -0.39 is 0 Å². The van der Waals surface area contributed by atoms with E-state index in [-0.39, 0.29) is 11.3 Å². The summed E-state index contributed by atoms with van der Waals surface area (Å²) in [4.78, 5) is 17.1. The zero-order chi connectivity index (χ0) is 15.7. The molecule has 4 rings (SSSR count). The molecule has 3 heterocycles. The van der Waals surface area contributed by atoms with Gasteiger partial charge in [-0.25, -0.2) is 0 Å². The average Bonchev–Trinajstić information content (AvgIpc) is 3.24. The van der Waals surface area contributed by atoms with Gasteiger partial charge >= 0.3 is 0 Å². The van der Waals surface area contributed by atoms with E-state index in [0.717, 1.165) is 58.2 Å². The van der Waals surface area contributed by atoms with Gasteiger partial charge in [-0.3, -0.25) is 4.79 Å². The highest BCUT2D eigenvalue weighted by Gasteiger charge is 2.41. The van der Waals surface area contributed by atoms with Crippen LogP contribution in [-0.2, 0) is 4.74 Å². The smallest absolute Gasteiger partial charge is 0.292 e. The van der Waals surface area contributed by atoms with Gasteiger partial charge < -0.3 is 19.1 Å². The minimum Gasteiger partial charge on any atom is -0.379 e. The second kappa shape index (κ2) is 6.24. The molecule has 1 saturated carbocycles. The summed E-state index contributed by atoms with van der Waals surface area (Å²) < 4.78 is 11.0. The first kappa shape index (κ1) is 15.1. The van der Waals surface area contributed by atoms with Gasteiger partial charge in [0.1, 0.15) is 0 Å². The fraction of sp³-hybridized carbons (Fsp3) is 0.765. The lowest BCUT2D eigenvalue weighted by atomic mass is 9.80. The summed E-state index contributed by atoms with van der Waals surface area (Å²) in [6.45, 7) is 6.38. The molecule has 126 valence electrons. The van der Waals surface area contributed by atoms with Crippen LogP contribution >= 0.6 is 0 Å². The topological polar surface area (TPSA) is 58.8 Å². The van der Waals surface area contributed by atoms with E-state index in [2.05, 4.69) is 10.1 Å². The van der Waals surface area contributed by atoms with Gasteiger partial charge in [0.25, 0.3) is 5.91 Å². The number of aromatic nitrogens is 1. The molecular formula is C17H25N3O3. The van der Waals surface area contributed by atoms with Crippen molar-refractivity contribution in [1.82, 2.24) is 15.0 Å². The lowest BCUT2D eigenvalue weighted by molar-refractivity contribution is 0.00568. The minimum absolute atomic E-state index is 0.0421. The molecule has 3 aliphatic rings. The molecule has 23 heavy (non-hydrogen) atoms. The molecule has 1 aliphatic carbocycles. The van der Waals surface area contributed by atoms with Gasteiger partial charge in [-0.05, 0) is 31.6 Å². The van der Waals surface area contributed by atoms with Crippen LogP contribution in [0.3, 0.4) is 0 Å². The first-order valence-electron chi connectivity index (χ1n) is 8.74. The third-order valence-corrected chi connectivity index (χ3v) is 5.33. The van der Waals surface area contributed by atoms with Gasteiger partial charge in [0.2, 0.25) is 5.76 Å². The van der Waals surface area contributed by atoms with Crippen LogP contribution in [0.2, 0.25) is 0 Å². The highest BCUT2D eigenvalue weighted by atomic mass is 16.5. The van der Waals surface area contributed by atoms with E-state index in [0.29, 0.717) is 5.76 Å². The van der Waals surface area contributed by atoms with Gasteiger partial charge in [-0.1, -0.05) is 5.16 Å². The maximum Gasteiger partial charge on any atom is 0.292 e. The molecule has 0 unspecified atom stereocenters. The van der Waals surface area contributed by atoms with Crippen LogP contribution in [0.5, 0.6) is 0 Å². The van der Waals surface area contributed by atoms with Crippen LogP contribution < -0.4 is 0 Å². The van der Waals surface area contributed by atoms with E-state index >= 15 is 0 Å². The van der Waals surface area contributed by atoms with Crippen LogP contribution in [0.4, 0.5) is 0 Å². The van der Waals surface area contributed by atoms with E-state index in [4.69, 9.17) is 9.26 Å². The molecule has 1 atom stereocenters. The molecule has 1 aromatic rings. The van der Waals surface area contributed by atoms with Gasteiger partial charge in [-0.15, -0.1) is 0 Å². The molecule has 1 aromatic heterocycles. The Morgan fingerprint density at radius 2 is 2.26 bits per heavy atom. The predicted octanol–water partition coefficient (Wildman–Crippen LogP) is 1.64. The van der Waals surface area contributed by atoms with E-state index in [1.54, 1.807) is 6.07 Å². The van der Waals surface area contributed by atoms with Gasteiger partial charge in [0, 0.05) is 44.2 Å². The lowest BCUT2D eigenvalue weighted by Crippen LogP contribution is -2.52. The number of likely N-dealkylation sites (tertiary alicyclic amines) is 1. The Kier molecular flexibility index (Phi) is 4.11. The maximum atomic E-state index is 12.6. The number of hydrogen-bond acceptors (Lipinski definition) is 5. The van der Waals surface area contributed by atoms with E-state index in [9.17, 15) is 4.79 Å². The molecule has 0 N–H and O–H groups in total. The third kappa shape index (κ3) is 3.43. The number of hydrogen-bond donors (Lipinski definition) is 0. The van der Waals surface area contributed by atoms with Crippen molar-refractivity contribution in [3.05, 3.63) is 18.0 Å². The number of carbonyl (C=O) groups is 1. The Balaban J connectivity index is 1.46. The fourth-order valence-corrected chi connectivity index (χ4v) is 4.01. The molecule has 0 radical (unpaired) electrons. The molecule has 2 aliphatic heterocycles. The second-order valence-corrected chi connectivity index (χ2v) is 7.44. The SMILES string of the molecule is O=C(c1ccno1)N1CCC[C@@]2(COCCN(CC3CC3)C2)C1. The van der Waals surface area contributed by atoms with E-state index in [1.165, 1.54) is 25.6 Å². The maximum absolute atomic E-state index is 12.6. The molecule has 2 saturated heterocycles. The summed E-state index contributed by atoms with van der Waals surface area (Å²) in [6.07, 6.45) is 6.44. The number of piperidine rings is 1. The van der Waals surface area contributed by atoms with Gasteiger partial charge in [0.05, 0.1) is 19.4 Å². The summed E-state index contributed by atoms with van der Waals surface area (Å²) in [5, 5.41) is 3.65. The predicted molar refractivity (Wildman–Crippen MR) is 84.1 cm³/mol. The minimum atomic E-state index is -0.0421. The fourth-order valence-electron chi connectivity index (χ4n) is 4.01. The van der Waals surface area contributed by atoms with Crippen molar-refractivity contribution in [1.29, 1.82) is 0 Å². The Hall–Kier alpha value is -1.40. The van der Waals surface area contributed by atoms with Gasteiger partial charge in [0.15, 0.2) is 0 Å². The zero-order valence-electron chi connectivity index (χ0n) is 13.6. The number of nitrogens with zero attached hydrogens (tertiary/aromatic N) is 3.